The highest BCUT2D eigenvalue weighted by atomic mass is 16.5. The van der Waals surface area contributed by atoms with Crippen LogP contribution in [0.4, 0.5) is 5.69 Å². The van der Waals surface area contributed by atoms with Crippen LogP contribution in [-0.4, -0.2) is 19.9 Å². The molecule has 0 radical (unpaired) electrons. The van der Waals surface area contributed by atoms with E-state index >= 15 is 0 Å². The fourth-order valence-corrected chi connectivity index (χ4v) is 1.71. The third kappa shape index (κ3) is 3.15. The molecule has 0 N–H and O–H groups in total. The van der Waals surface area contributed by atoms with Gasteiger partial charge in [0.15, 0.2) is 0 Å². The Balaban J connectivity index is 2.35. The van der Waals surface area contributed by atoms with E-state index in [9.17, 15) is 5.26 Å². The van der Waals surface area contributed by atoms with E-state index in [1.54, 1.807) is 44.6 Å². The van der Waals surface area contributed by atoms with Crippen molar-refractivity contribution >= 4 is 11.4 Å². The van der Waals surface area contributed by atoms with Gasteiger partial charge in [0.25, 0.3) is 0 Å². The first-order valence-corrected chi connectivity index (χ1v) is 6.04. The average molecular weight is 266 g/mol. The Labute approximate surface area is 117 Å². The fraction of sp³-hybridized carbons (Fsp3) is 0.125. The van der Waals surface area contributed by atoms with Gasteiger partial charge in [-0.3, -0.25) is 0 Å². The number of ether oxygens (including phenoxy) is 2. The Morgan fingerprint density at radius 1 is 1.00 bits per heavy atom. The molecule has 2 rings (SSSR count). The number of hydrogen-bond donors (Lipinski definition) is 0. The van der Waals surface area contributed by atoms with Crippen LogP contribution >= 0.6 is 0 Å². The van der Waals surface area contributed by atoms with Crippen molar-refractivity contribution in [1.29, 1.82) is 5.26 Å². The Hall–Kier alpha value is -2.80. The van der Waals surface area contributed by atoms with Crippen LogP contribution in [0.1, 0.15) is 5.56 Å². The zero-order valence-corrected chi connectivity index (χ0v) is 11.3. The maximum atomic E-state index is 9.26. The van der Waals surface area contributed by atoms with E-state index in [-0.39, 0.29) is 0 Å². The van der Waals surface area contributed by atoms with Gasteiger partial charge in [-0.15, -0.1) is 0 Å². The van der Waals surface area contributed by atoms with E-state index in [2.05, 4.69) is 11.1 Å². The molecule has 0 fully saturated rings. The SMILES string of the molecule is COc1ccc(N=C(C#N)c2cccc(OC)c2)cc1. The van der Waals surface area contributed by atoms with Crippen molar-refractivity contribution in [2.75, 3.05) is 14.2 Å². The molecule has 0 amide bonds. The van der Waals surface area contributed by atoms with Crippen molar-refractivity contribution < 1.29 is 9.47 Å². The molecule has 0 aromatic heterocycles. The van der Waals surface area contributed by atoms with E-state index in [0.29, 0.717) is 17.1 Å². The second kappa shape index (κ2) is 6.39. The number of benzene rings is 2. The lowest BCUT2D eigenvalue weighted by Crippen LogP contribution is -1.97. The summed E-state index contributed by atoms with van der Waals surface area (Å²) in [4.78, 5) is 4.34. The molecule has 0 atom stereocenters. The number of nitrogens with zero attached hydrogens (tertiary/aromatic N) is 2. The summed E-state index contributed by atoms with van der Waals surface area (Å²) in [6.07, 6.45) is 0. The summed E-state index contributed by atoms with van der Waals surface area (Å²) in [6.45, 7) is 0. The molecular formula is C16H14N2O2. The molecule has 0 saturated carbocycles. The third-order valence-corrected chi connectivity index (χ3v) is 2.76. The molecule has 100 valence electrons. The van der Waals surface area contributed by atoms with Crippen molar-refractivity contribution in [1.82, 2.24) is 0 Å². The quantitative estimate of drug-likeness (QED) is 0.797. The molecular weight excluding hydrogens is 252 g/mol. The number of rotatable bonds is 4. The maximum absolute atomic E-state index is 9.26. The van der Waals surface area contributed by atoms with Crippen molar-refractivity contribution in [3.05, 3.63) is 54.1 Å². The molecule has 0 saturated heterocycles. The highest BCUT2D eigenvalue weighted by molar-refractivity contribution is 6.12. The van der Waals surface area contributed by atoms with E-state index in [1.165, 1.54) is 0 Å². The van der Waals surface area contributed by atoms with Crippen LogP contribution in [0, 0.1) is 11.3 Å². The maximum Gasteiger partial charge on any atom is 0.148 e. The number of hydrogen-bond acceptors (Lipinski definition) is 4. The lowest BCUT2D eigenvalue weighted by atomic mass is 10.1. The molecule has 0 spiro atoms. The molecule has 0 aliphatic carbocycles. The summed E-state index contributed by atoms with van der Waals surface area (Å²) < 4.78 is 10.2. The molecule has 0 bridgehead atoms. The zero-order chi connectivity index (χ0) is 14.4. The van der Waals surface area contributed by atoms with Gasteiger partial charge in [-0.05, 0) is 36.4 Å². The van der Waals surface area contributed by atoms with Crippen LogP contribution in [0.5, 0.6) is 11.5 Å². The van der Waals surface area contributed by atoms with E-state index < -0.39 is 0 Å². The monoisotopic (exact) mass is 266 g/mol. The van der Waals surface area contributed by atoms with Gasteiger partial charge in [0.1, 0.15) is 23.3 Å². The van der Waals surface area contributed by atoms with Gasteiger partial charge >= 0.3 is 0 Å². The smallest absolute Gasteiger partial charge is 0.148 e. The highest BCUT2D eigenvalue weighted by Crippen LogP contribution is 2.20. The van der Waals surface area contributed by atoms with Gasteiger partial charge < -0.3 is 9.47 Å². The molecule has 0 aliphatic heterocycles. The largest absolute Gasteiger partial charge is 0.497 e. The van der Waals surface area contributed by atoms with Gasteiger partial charge in [0, 0.05) is 5.56 Å². The van der Waals surface area contributed by atoms with Crippen LogP contribution in [0.15, 0.2) is 53.5 Å². The van der Waals surface area contributed by atoms with Gasteiger partial charge in [-0.1, -0.05) is 12.1 Å². The molecule has 0 unspecified atom stereocenters. The first-order chi connectivity index (χ1) is 9.76. The van der Waals surface area contributed by atoms with Crippen LogP contribution < -0.4 is 9.47 Å². The molecule has 4 heteroatoms. The molecule has 20 heavy (non-hydrogen) atoms. The average Bonchev–Trinajstić information content (AvgIpc) is 2.53. The minimum atomic E-state index is 0.342. The minimum absolute atomic E-state index is 0.342. The van der Waals surface area contributed by atoms with Gasteiger partial charge in [-0.2, -0.15) is 5.26 Å². The van der Waals surface area contributed by atoms with Crippen LogP contribution in [-0.2, 0) is 0 Å². The summed E-state index contributed by atoms with van der Waals surface area (Å²) in [5.41, 5.74) is 1.77. The lowest BCUT2D eigenvalue weighted by Gasteiger charge is -2.03. The Kier molecular flexibility index (Phi) is 4.35. The summed E-state index contributed by atoms with van der Waals surface area (Å²) in [7, 11) is 3.20. The summed E-state index contributed by atoms with van der Waals surface area (Å²) in [5, 5.41) is 9.26. The predicted octanol–water partition coefficient (Wildman–Crippen LogP) is 3.35. The zero-order valence-electron chi connectivity index (χ0n) is 11.3. The molecule has 0 heterocycles. The second-order valence-electron chi connectivity index (χ2n) is 4.00. The predicted molar refractivity (Wildman–Crippen MR) is 77.8 cm³/mol. The van der Waals surface area contributed by atoms with Gasteiger partial charge in [0.05, 0.1) is 19.9 Å². The highest BCUT2D eigenvalue weighted by Gasteiger charge is 2.04. The first-order valence-electron chi connectivity index (χ1n) is 6.04. The molecule has 0 aliphatic rings. The van der Waals surface area contributed by atoms with Gasteiger partial charge in [0.2, 0.25) is 0 Å². The van der Waals surface area contributed by atoms with Crippen LogP contribution in [0.2, 0.25) is 0 Å². The third-order valence-electron chi connectivity index (χ3n) is 2.76. The number of methoxy groups -OCH3 is 2. The Morgan fingerprint density at radius 2 is 1.70 bits per heavy atom. The second-order valence-corrected chi connectivity index (χ2v) is 4.00. The molecule has 2 aromatic rings. The van der Waals surface area contributed by atoms with Gasteiger partial charge in [-0.25, -0.2) is 4.99 Å². The summed E-state index contributed by atoms with van der Waals surface area (Å²) in [5.74, 6) is 1.45. The van der Waals surface area contributed by atoms with E-state index in [1.807, 2.05) is 18.2 Å². The van der Waals surface area contributed by atoms with E-state index in [0.717, 1.165) is 11.3 Å². The Morgan fingerprint density at radius 3 is 2.30 bits per heavy atom. The van der Waals surface area contributed by atoms with E-state index in [4.69, 9.17) is 9.47 Å². The lowest BCUT2D eigenvalue weighted by molar-refractivity contribution is 0.414. The topological polar surface area (TPSA) is 54.6 Å². The normalized spacial score (nSPS) is 10.8. The summed E-state index contributed by atoms with van der Waals surface area (Å²) >= 11 is 0. The fourth-order valence-electron chi connectivity index (χ4n) is 1.71. The van der Waals surface area contributed by atoms with Crippen molar-refractivity contribution in [2.24, 2.45) is 4.99 Å². The van der Waals surface area contributed by atoms with Crippen molar-refractivity contribution in [2.45, 2.75) is 0 Å². The molecule has 4 nitrogen and oxygen atoms in total. The van der Waals surface area contributed by atoms with Crippen molar-refractivity contribution in [3.63, 3.8) is 0 Å². The number of aliphatic imine (C=N–C) groups is 1. The first kappa shape index (κ1) is 13.6. The minimum Gasteiger partial charge on any atom is -0.497 e. The van der Waals surface area contributed by atoms with Crippen LogP contribution in [0.3, 0.4) is 0 Å². The summed E-state index contributed by atoms with van der Waals surface area (Å²) in [6, 6.07) is 16.6. The Bertz CT molecular complexity index is 655. The van der Waals surface area contributed by atoms with Crippen molar-refractivity contribution in [3.8, 4) is 17.6 Å². The number of nitriles is 1. The standard InChI is InChI=1S/C16H14N2O2/c1-19-14-8-6-13(7-9-14)18-16(11-17)12-4-3-5-15(10-12)20-2/h3-10H,1-2H3. The molecule has 2 aromatic carbocycles. The van der Waals surface area contributed by atoms with Crippen LogP contribution in [0.25, 0.3) is 0 Å².